The van der Waals surface area contributed by atoms with Crippen LogP contribution < -0.4 is 9.64 Å². The molecule has 0 saturated heterocycles. The number of carbonyl (C=O) groups is 1. The molecule has 0 aliphatic rings. The Kier molecular flexibility index (Phi) is 4.25. The maximum Gasteiger partial charge on any atom is 0.268 e. The van der Waals surface area contributed by atoms with Crippen LogP contribution in [0.3, 0.4) is 0 Å². The van der Waals surface area contributed by atoms with Gasteiger partial charge >= 0.3 is 0 Å². The van der Waals surface area contributed by atoms with E-state index in [4.69, 9.17) is 4.74 Å². The van der Waals surface area contributed by atoms with Gasteiger partial charge in [0, 0.05) is 12.7 Å². The van der Waals surface area contributed by atoms with Crippen LogP contribution in [0.25, 0.3) is 10.2 Å². The van der Waals surface area contributed by atoms with Crippen LogP contribution in [0.2, 0.25) is 0 Å². The predicted octanol–water partition coefficient (Wildman–Crippen LogP) is 3.68. The number of ether oxygens (including phenoxy) is 1. The van der Waals surface area contributed by atoms with E-state index in [0.717, 1.165) is 21.5 Å². The second-order valence-electron chi connectivity index (χ2n) is 5.05. The van der Waals surface area contributed by atoms with Gasteiger partial charge in [0.1, 0.15) is 11.2 Å². The molecule has 23 heavy (non-hydrogen) atoms. The van der Waals surface area contributed by atoms with Gasteiger partial charge in [-0.1, -0.05) is 18.2 Å². The molecule has 0 atom stereocenters. The smallest absolute Gasteiger partial charge is 0.268 e. The van der Waals surface area contributed by atoms with Crippen molar-refractivity contribution in [1.82, 2.24) is 9.97 Å². The van der Waals surface area contributed by atoms with Gasteiger partial charge in [-0.05, 0) is 31.5 Å². The number of para-hydroxylation sites is 1. The molecule has 0 spiro atoms. The largest absolute Gasteiger partial charge is 0.477 e. The molecule has 2 aromatic heterocycles. The highest BCUT2D eigenvalue weighted by atomic mass is 32.1. The second-order valence-corrected chi connectivity index (χ2v) is 6.05. The quantitative estimate of drug-likeness (QED) is 0.733. The SMILES string of the molecule is CCOc1ncnc2sc(C(=O)N(C)c3ccccc3)c(C)c12. The summed E-state index contributed by atoms with van der Waals surface area (Å²) in [4.78, 5) is 24.4. The van der Waals surface area contributed by atoms with E-state index < -0.39 is 0 Å². The molecule has 0 unspecified atom stereocenters. The third-order valence-electron chi connectivity index (χ3n) is 3.62. The lowest BCUT2D eigenvalue weighted by Gasteiger charge is -2.16. The Bertz CT molecular complexity index is 846. The first-order valence-electron chi connectivity index (χ1n) is 7.33. The van der Waals surface area contributed by atoms with Crippen molar-refractivity contribution in [3.63, 3.8) is 0 Å². The first-order chi connectivity index (χ1) is 11.1. The van der Waals surface area contributed by atoms with Crippen molar-refractivity contribution in [1.29, 1.82) is 0 Å². The van der Waals surface area contributed by atoms with Crippen molar-refractivity contribution in [2.45, 2.75) is 13.8 Å². The fraction of sp³-hybridized carbons (Fsp3) is 0.235. The Morgan fingerprint density at radius 1 is 1.26 bits per heavy atom. The molecular weight excluding hydrogens is 310 g/mol. The monoisotopic (exact) mass is 327 g/mol. The van der Waals surface area contributed by atoms with Crippen LogP contribution in [0.1, 0.15) is 22.2 Å². The normalized spacial score (nSPS) is 10.7. The highest BCUT2D eigenvalue weighted by Crippen LogP contribution is 2.35. The summed E-state index contributed by atoms with van der Waals surface area (Å²) in [5.41, 5.74) is 1.72. The summed E-state index contributed by atoms with van der Waals surface area (Å²) in [6.07, 6.45) is 1.47. The number of nitrogens with zero attached hydrogens (tertiary/aromatic N) is 3. The van der Waals surface area contributed by atoms with Crippen LogP contribution in [0.15, 0.2) is 36.7 Å². The first-order valence-corrected chi connectivity index (χ1v) is 8.15. The molecule has 0 aliphatic heterocycles. The van der Waals surface area contributed by atoms with Crippen molar-refractivity contribution in [2.24, 2.45) is 0 Å². The number of amides is 1. The van der Waals surface area contributed by atoms with Gasteiger partial charge in [0.2, 0.25) is 5.88 Å². The van der Waals surface area contributed by atoms with Gasteiger partial charge in [-0.3, -0.25) is 4.79 Å². The Morgan fingerprint density at radius 3 is 2.70 bits per heavy atom. The number of rotatable bonds is 4. The molecule has 1 amide bonds. The summed E-state index contributed by atoms with van der Waals surface area (Å²) in [5, 5.41) is 0.823. The molecule has 6 heteroatoms. The third-order valence-corrected chi connectivity index (χ3v) is 4.80. The highest BCUT2D eigenvalue weighted by Gasteiger charge is 2.22. The van der Waals surface area contributed by atoms with Gasteiger partial charge in [-0.2, -0.15) is 0 Å². The highest BCUT2D eigenvalue weighted by molar-refractivity contribution is 7.20. The zero-order valence-electron chi connectivity index (χ0n) is 13.2. The number of thiophene rings is 1. The predicted molar refractivity (Wildman–Crippen MR) is 92.5 cm³/mol. The maximum absolute atomic E-state index is 12.9. The fourth-order valence-electron chi connectivity index (χ4n) is 2.41. The molecule has 0 fully saturated rings. The van der Waals surface area contributed by atoms with E-state index in [1.54, 1.807) is 11.9 Å². The van der Waals surface area contributed by atoms with Crippen LogP contribution in [0, 0.1) is 6.92 Å². The van der Waals surface area contributed by atoms with Crippen LogP contribution in [-0.4, -0.2) is 29.5 Å². The van der Waals surface area contributed by atoms with E-state index in [9.17, 15) is 4.79 Å². The molecule has 5 nitrogen and oxygen atoms in total. The minimum absolute atomic E-state index is 0.0563. The molecule has 1 aromatic carbocycles. The second kappa shape index (κ2) is 6.34. The van der Waals surface area contributed by atoms with E-state index in [1.165, 1.54) is 17.7 Å². The molecule has 3 rings (SSSR count). The number of anilines is 1. The van der Waals surface area contributed by atoms with Crippen LogP contribution >= 0.6 is 11.3 Å². The van der Waals surface area contributed by atoms with Gasteiger partial charge in [0.25, 0.3) is 5.91 Å². The summed E-state index contributed by atoms with van der Waals surface area (Å²) < 4.78 is 5.57. The van der Waals surface area contributed by atoms with Crippen molar-refractivity contribution >= 4 is 33.1 Å². The van der Waals surface area contributed by atoms with Gasteiger partial charge in [0.05, 0.1) is 16.9 Å². The molecule has 118 valence electrons. The number of fused-ring (bicyclic) bond motifs is 1. The summed E-state index contributed by atoms with van der Waals surface area (Å²) in [6.45, 7) is 4.34. The zero-order chi connectivity index (χ0) is 16.4. The maximum atomic E-state index is 12.9. The molecular formula is C17H17N3O2S. The number of benzene rings is 1. The van der Waals surface area contributed by atoms with E-state index in [2.05, 4.69) is 9.97 Å². The molecule has 0 N–H and O–H groups in total. The van der Waals surface area contributed by atoms with E-state index in [1.807, 2.05) is 44.2 Å². The summed E-state index contributed by atoms with van der Waals surface area (Å²) >= 11 is 1.37. The Hall–Kier alpha value is -2.47. The number of aromatic nitrogens is 2. The van der Waals surface area contributed by atoms with Gasteiger partial charge in [0.15, 0.2) is 0 Å². The van der Waals surface area contributed by atoms with E-state index in [0.29, 0.717) is 17.4 Å². The molecule has 2 heterocycles. The summed E-state index contributed by atoms with van der Waals surface area (Å²) in [5.74, 6) is 0.479. The number of aryl methyl sites for hydroxylation is 1. The van der Waals surface area contributed by atoms with Crippen molar-refractivity contribution in [2.75, 3.05) is 18.6 Å². The van der Waals surface area contributed by atoms with Crippen molar-refractivity contribution < 1.29 is 9.53 Å². The lowest BCUT2D eigenvalue weighted by atomic mass is 10.2. The van der Waals surface area contributed by atoms with Crippen LogP contribution in [0.5, 0.6) is 5.88 Å². The van der Waals surface area contributed by atoms with E-state index in [-0.39, 0.29) is 5.91 Å². The molecule has 3 aromatic rings. The standard InChI is InChI=1S/C17H17N3O2S/c1-4-22-15-13-11(2)14(23-16(13)19-10-18-15)17(21)20(3)12-8-6-5-7-9-12/h5-10H,4H2,1-3H3. The molecule has 0 aliphatic carbocycles. The minimum Gasteiger partial charge on any atom is -0.477 e. The number of carbonyl (C=O) groups excluding carboxylic acids is 1. The Morgan fingerprint density at radius 2 is 2.00 bits per heavy atom. The average molecular weight is 327 g/mol. The third kappa shape index (κ3) is 2.77. The van der Waals surface area contributed by atoms with Crippen LogP contribution in [-0.2, 0) is 0 Å². The lowest BCUT2D eigenvalue weighted by Crippen LogP contribution is -2.25. The fourth-order valence-corrected chi connectivity index (χ4v) is 3.53. The zero-order valence-corrected chi connectivity index (χ0v) is 14.1. The Balaban J connectivity index is 2.05. The van der Waals surface area contributed by atoms with Gasteiger partial charge in [-0.25, -0.2) is 9.97 Å². The number of hydrogen-bond donors (Lipinski definition) is 0. The van der Waals surface area contributed by atoms with Crippen molar-refractivity contribution in [3.05, 3.63) is 47.1 Å². The molecule has 0 radical (unpaired) electrons. The number of hydrogen-bond acceptors (Lipinski definition) is 5. The topological polar surface area (TPSA) is 55.3 Å². The summed E-state index contributed by atoms with van der Waals surface area (Å²) in [7, 11) is 1.77. The molecule has 0 saturated carbocycles. The molecule has 0 bridgehead atoms. The Labute approximate surface area is 138 Å². The lowest BCUT2D eigenvalue weighted by molar-refractivity contribution is 0.0996. The summed E-state index contributed by atoms with van der Waals surface area (Å²) in [6, 6.07) is 9.57. The van der Waals surface area contributed by atoms with Gasteiger partial charge in [-0.15, -0.1) is 11.3 Å². The first kappa shape index (κ1) is 15.4. The van der Waals surface area contributed by atoms with Crippen molar-refractivity contribution in [3.8, 4) is 5.88 Å². The van der Waals surface area contributed by atoms with Gasteiger partial charge < -0.3 is 9.64 Å². The minimum atomic E-state index is -0.0563. The van der Waals surface area contributed by atoms with Crippen LogP contribution in [0.4, 0.5) is 5.69 Å². The van der Waals surface area contributed by atoms with E-state index >= 15 is 0 Å². The average Bonchev–Trinajstić information content (AvgIpc) is 2.92.